The number of H-pyrrole nitrogens is 1. The summed E-state index contributed by atoms with van der Waals surface area (Å²) in [5.74, 6) is 1.97. The molecule has 198 valence electrons. The van der Waals surface area contributed by atoms with Crippen molar-refractivity contribution in [1.82, 2.24) is 25.5 Å². The molecular formula is C30H29N5O3S. The fourth-order valence-corrected chi connectivity index (χ4v) is 6.28. The van der Waals surface area contributed by atoms with Crippen LogP contribution in [0.15, 0.2) is 66.7 Å². The number of hydrogen-bond donors (Lipinski definition) is 1. The van der Waals surface area contributed by atoms with Gasteiger partial charge in [0.15, 0.2) is 11.6 Å². The van der Waals surface area contributed by atoms with E-state index in [0.717, 1.165) is 38.4 Å². The van der Waals surface area contributed by atoms with Crippen LogP contribution < -0.4 is 9.47 Å². The van der Waals surface area contributed by atoms with Gasteiger partial charge in [-0.05, 0) is 67.9 Å². The summed E-state index contributed by atoms with van der Waals surface area (Å²) < 4.78 is 12.7. The summed E-state index contributed by atoms with van der Waals surface area (Å²) in [6, 6.07) is 21.7. The Morgan fingerprint density at radius 3 is 2.64 bits per heavy atom. The minimum absolute atomic E-state index is 0.0437. The number of methoxy groups -OCH3 is 1. The molecule has 3 heterocycles. The second kappa shape index (κ2) is 11.3. The lowest BCUT2D eigenvalue weighted by molar-refractivity contribution is 0.104. The van der Waals surface area contributed by atoms with Crippen molar-refractivity contribution in [3.8, 4) is 21.9 Å². The molecular weight excluding hydrogens is 510 g/mol. The number of thiophene rings is 1. The van der Waals surface area contributed by atoms with E-state index in [-0.39, 0.29) is 5.78 Å². The monoisotopic (exact) mass is 539 g/mol. The van der Waals surface area contributed by atoms with Gasteiger partial charge in [0.2, 0.25) is 0 Å². The molecule has 3 aromatic carbocycles. The third-order valence-electron chi connectivity index (χ3n) is 7.10. The lowest BCUT2D eigenvalue weighted by Crippen LogP contribution is -2.25. The predicted octanol–water partition coefficient (Wildman–Crippen LogP) is 5.39. The van der Waals surface area contributed by atoms with Crippen molar-refractivity contribution in [2.24, 2.45) is 0 Å². The van der Waals surface area contributed by atoms with Crippen molar-refractivity contribution in [2.45, 2.75) is 19.3 Å². The highest BCUT2D eigenvalue weighted by Crippen LogP contribution is 2.40. The largest absolute Gasteiger partial charge is 0.496 e. The van der Waals surface area contributed by atoms with Gasteiger partial charge in [0, 0.05) is 44.6 Å². The third-order valence-corrected chi connectivity index (χ3v) is 8.32. The van der Waals surface area contributed by atoms with Crippen LogP contribution in [0.5, 0.6) is 11.5 Å². The molecule has 6 rings (SSSR count). The van der Waals surface area contributed by atoms with E-state index in [0.29, 0.717) is 35.7 Å². The Bertz CT molecular complexity index is 1570. The van der Waals surface area contributed by atoms with Crippen LogP contribution in [0.3, 0.4) is 0 Å². The number of aromatic amines is 1. The van der Waals surface area contributed by atoms with Gasteiger partial charge in [-0.3, -0.25) is 9.69 Å². The lowest BCUT2D eigenvalue weighted by atomic mass is 9.96. The van der Waals surface area contributed by atoms with Crippen LogP contribution in [0.1, 0.15) is 40.2 Å². The van der Waals surface area contributed by atoms with Crippen LogP contribution in [0.25, 0.3) is 20.5 Å². The normalized spacial score (nSPS) is 13.7. The molecule has 9 heteroatoms. The Morgan fingerprint density at radius 2 is 1.87 bits per heavy atom. The van der Waals surface area contributed by atoms with Crippen molar-refractivity contribution in [3.63, 3.8) is 0 Å². The van der Waals surface area contributed by atoms with E-state index in [1.54, 1.807) is 24.5 Å². The first-order valence-corrected chi connectivity index (χ1v) is 13.9. The van der Waals surface area contributed by atoms with Crippen molar-refractivity contribution in [2.75, 3.05) is 33.4 Å². The predicted molar refractivity (Wildman–Crippen MR) is 152 cm³/mol. The maximum atomic E-state index is 14.0. The van der Waals surface area contributed by atoms with Gasteiger partial charge in [0.05, 0.1) is 7.11 Å². The maximum absolute atomic E-state index is 14.0. The number of rotatable bonds is 10. The van der Waals surface area contributed by atoms with E-state index < -0.39 is 0 Å². The second-order valence-electron chi connectivity index (χ2n) is 9.58. The van der Waals surface area contributed by atoms with E-state index in [4.69, 9.17) is 9.47 Å². The van der Waals surface area contributed by atoms with E-state index in [1.165, 1.54) is 25.9 Å². The van der Waals surface area contributed by atoms with E-state index in [1.807, 2.05) is 54.6 Å². The van der Waals surface area contributed by atoms with E-state index in [9.17, 15) is 4.79 Å². The first-order valence-electron chi connectivity index (χ1n) is 13.1. The number of carbonyl (C=O) groups is 1. The van der Waals surface area contributed by atoms with Crippen LogP contribution in [0.2, 0.25) is 0 Å². The number of ether oxygens (including phenoxy) is 2. The van der Waals surface area contributed by atoms with Gasteiger partial charge in [0.25, 0.3) is 0 Å². The number of fused-ring (bicyclic) bond motifs is 1. The highest BCUT2D eigenvalue weighted by Gasteiger charge is 2.23. The molecule has 39 heavy (non-hydrogen) atoms. The first kappa shape index (κ1) is 25.2. The minimum Gasteiger partial charge on any atom is -0.496 e. The number of hydrogen-bond acceptors (Lipinski definition) is 8. The molecule has 8 nitrogen and oxygen atoms in total. The fourth-order valence-electron chi connectivity index (χ4n) is 5.08. The molecule has 1 aliphatic heterocycles. The molecule has 0 bridgehead atoms. The van der Waals surface area contributed by atoms with Gasteiger partial charge in [-0.1, -0.05) is 35.5 Å². The van der Waals surface area contributed by atoms with Gasteiger partial charge < -0.3 is 9.47 Å². The second-order valence-corrected chi connectivity index (χ2v) is 10.6. The SMILES string of the molecule is COc1cc(C(=O)c2c(-c3ccc(OCCN4CCCC4)cc3)sc3ccccc23)ccc1Cc1nn[nH]n1. The van der Waals surface area contributed by atoms with Crippen LogP contribution in [-0.4, -0.2) is 64.7 Å². The quantitative estimate of drug-likeness (QED) is 0.238. The average Bonchev–Trinajstić information content (AvgIpc) is 3.75. The van der Waals surface area contributed by atoms with Gasteiger partial charge in [-0.25, -0.2) is 0 Å². The van der Waals surface area contributed by atoms with Gasteiger partial charge in [-0.15, -0.1) is 21.5 Å². The standard InChI is InChI=1S/C30H29N5O3S/c1-37-25-18-22(9-8-21(25)19-27-31-33-34-32-27)29(36)28-24-6-2-3-7-26(24)39-30(28)20-10-12-23(13-11-20)38-17-16-35-14-4-5-15-35/h2-3,6-13,18H,4-5,14-17,19H2,1H3,(H,31,32,33,34). The molecule has 1 N–H and O–H groups in total. The Kier molecular flexibility index (Phi) is 7.33. The molecule has 5 aromatic rings. The highest BCUT2D eigenvalue weighted by atomic mass is 32.1. The summed E-state index contributed by atoms with van der Waals surface area (Å²) in [5.41, 5.74) is 3.14. The Morgan fingerprint density at radius 1 is 1.05 bits per heavy atom. The van der Waals surface area contributed by atoms with Gasteiger partial charge >= 0.3 is 0 Å². The number of aromatic nitrogens is 4. The van der Waals surface area contributed by atoms with E-state index in [2.05, 4.69) is 31.6 Å². The zero-order chi connectivity index (χ0) is 26.6. The molecule has 0 unspecified atom stereocenters. The summed E-state index contributed by atoms with van der Waals surface area (Å²) in [4.78, 5) is 17.4. The molecule has 0 aliphatic carbocycles. The Hall–Kier alpha value is -4.08. The minimum atomic E-state index is -0.0437. The molecule has 0 saturated carbocycles. The lowest BCUT2D eigenvalue weighted by Gasteiger charge is -2.15. The van der Waals surface area contributed by atoms with E-state index >= 15 is 0 Å². The smallest absolute Gasteiger partial charge is 0.195 e. The van der Waals surface area contributed by atoms with Crippen molar-refractivity contribution in [1.29, 1.82) is 0 Å². The van der Waals surface area contributed by atoms with Crippen LogP contribution in [-0.2, 0) is 6.42 Å². The van der Waals surface area contributed by atoms with Crippen LogP contribution in [0, 0.1) is 0 Å². The number of likely N-dealkylation sites (tertiary alicyclic amines) is 1. The number of benzene rings is 3. The third kappa shape index (κ3) is 5.41. The number of nitrogens with one attached hydrogen (secondary N) is 1. The summed E-state index contributed by atoms with van der Waals surface area (Å²) in [6.07, 6.45) is 3.01. The first-order chi connectivity index (χ1) is 19.2. The number of tetrazole rings is 1. The summed E-state index contributed by atoms with van der Waals surface area (Å²) in [6.45, 7) is 3.96. The molecule has 0 atom stereocenters. The molecule has 0 amide bonds. The van der Waals surface area contributed by atoms with Crippen molar-refractivity contribution < 1.29 is 14.3 Å². The molecule has 0 spiro atoms. The summed E-state index contributed by atoms with van der Waals surface area (Å²) in [7, 11) is 1.60. The number of carbonyl (C=O) groups excluding carboxylic acids is 1. The molecule has 2 aromatic heterocycles. The van der Waals surface area contributed by atoms with Crippen molar-refractivity contribution in [3.05, 3.63) is 89.2 Å². The highest BCUT2D eigenvalue weighted by molar-refractivity contribution is 7.22. The van der Waals surface area contributed by atoms with Crippen molar-refractivity contribution >= 4 is 27.2 Å². The maximum Gasteiger partial charge on any atom is 0.195 e. The van der Waals surface area contributed by atoms with Crippen LogP contribution >= 0.6 is 11.3 Å². The Labute approximate surface area is 230 Å². The number of ketones is 1. The Balaban J connectivity index is 1.28. The fraction of sp³-hybridized carbons (Fsp3) is 0.267. The summed E-state index contributed by atoms with van der Waals surface area (Å²) >= 11 is 1.63. The summed E-state index contributed by atoms with van der Waals surface area (Å²) in [5, 5.41) is 15.1. The molecule has 1 saturated heterocycles. The molecule has 0 radical (unpaired) electrons. The van der Waals surface area contributed by atoms with Gasteiger partial charge in [-0.2, -0.15) is 5.21 Å². The van der Waals surface area contributed by atoms with Crippen LogP contribution in [0.4, 0.5) is 0 Å². The molecule has 1 aliphatic rings. The zero-order valence-corrected chi connectivity index (χ0v) is 22.5. The average molecular weight is 540 g/mol. The van der Waals surface area contributed by atoms with Gasteiger partial charge in [0.1, 0.15) is 18.1 Å². The topological polar surface area (TPSA) is 93.2 Å². The number of nitrogens with zero attached hydrogens (tertiary/aromatic N) is 4. The zero-order valence-electron chi connectivity index (χ0n) is 21.7. The molecule has 1 fully saturated rings.